The van der Waals surface area contributed by atoms with Gasteiger partial charge in [0.15, 0.2) is 6.29 Å². The minimum Gasteiger partial charge on any atom is -0.350 e. The molecule has 3 saturated heterocycles. The zero-order chi connectivity index (χ0) is 15.4. The first kappa shape index (κ1) is 15.7. The third-order valence-corrected chi connectivity index (χ3v) is 4.92. The molecule has 0 N–H and O–H groups in total. The van der Waals surface area contributed by atoms with Crippen LogP contribution < -0.4 is 0 Å². The van der Waals surface area contributed by atoms with E-state index >= 15 is 0 Å². The lowest BCUT2D eigenvalue weighted by atomic mass is 9.96. The van der Waals surface area contributed by atoms with Gasteiger partial charge in [0.25, 0.3) is 0 Å². The van der Waals surface area contributed by atoms with Crippen molar-refractivity contribution in [1.82, 2.24) is 9.80 Å². The van der Waals surface area contributed by atoms with Gasteiger partial charge in [-0.05, 0) is 25.7 Å². The lowest BCUT2D eigenvalue weighted by Crippen LogP contribution is -2.47. The monoisotopic (exact) mass is 310 g/mol. The van der Waals surface area contributed by atoms with E-state index in [1.807, 2.05) is 4.90 Å². The molecular weight excluding hydrogens is 284 g/mol. The predicted molar refractivity (Wildman–Crippen MR) is 80.0 cm³/mol. The summed E-state index contributed by atoms with van der Waals surface area (Å²) in [6.07, 6.45) is 5.40. The van der Waals surface area contributed by atoms with E-state index in [9.17, 15) is 9.59 Å². The van der Waals surface area contributed by atoms with Crippen LogP contribution in [-0.2, 0) is 19.1 Å². The zero-order valence-electron chi connectivity index (χ0n) is 13.2. The van der Waals surface area contributed by atoms with Gasteiger partial charge in [-0.2, -0.15) is 0 Å². The Balaban J connectivity index is 1.46. The lowest BCUT2D eigenvalue weighted by molar-refractivity contribution is -0.143. The van der Waals surface area contributed by atoms with Crippen molar-refractivity contribution in [2.45, 2.75) is 44.8 Å². The third kappa shape index (κ3) is 3.79. The highest BCUT2D eigenvalue weighted by atomic mass is 16.7. The highest BCUT2D eigenvalue weighted by molar-refractivity contribution is 5.85. The molecule has 0 aromatic rings. The van der Waals surface area contributed by atoms with E-state index in [4.69, 9.17) is 9.47 Å². The molecule has 124 valence electrons. The Bertz CT molecular complexity index is 401. The average molecular weight is 310 g/mol. The molecule has 3 fully saturated rings. The fourth-order valence-corrected chi connectivity index (χ4v) is 3.54. The van der Waals surface area contributed by atoms with Gasteiger partial charge in [0, 0.05) is 32.0 Å². The van der Waals surface area contributed by atoms with Crippen LogP contribution in [0.4, 0.5) is 0 Å². The van der Waals surface area contributed by atoms with Crippen molar-refractivity contribution in [2.24, 2.45) is 5.92 Å². The lowest BCUT2D eigenvalue weighted by Gasteiger charge is -2.35. The topological polar surface area (TPSA) is 59.1 Å². The highest BCUT2D eigenvalue weighted by Crippen LogP contribution is 2.26. The van der Waals surface area contributed by atoms with Crippen molar-refractivity contribution in [1.29, 1.82) is 0 Å². The number of carbonyl (C=O) groups is 2. The molecule has 0 aromatic heterocycles. The summed E-state index contributed by atoms with van der Waals surface area (Å²) in [5.74, 6) is 0.613. The molecule has 6 heteroatoms. The summed E-state index contributed by atoms with van der Waals surface area (Å²) in [6.45, 7) is 3.83. The molecule has 3 heterocycles. The van der Waals surface area contributed by atoms with E-state index < -0.39 is 0 Å². The first-order valence-corrected chi connectivity index (χ1v) is 8.53. The smallest absolute Gasteiger partial charge is 0.242 e. The van der Waals surface area contributed by atoms with Gasteiger partial charge in [0.2, 0.25) is 11.8 Å². The van der Waals surface area contributed by atoms with E-state index in [2.05, 4.69) is 0 Å². The number of amides is 2. The number of hydrogen-bond donors (Lipinski definition) is 0. The quantitative estimate of drug-likeness (QED) is 0.780. The van der Waals surface area contributed by atoms with Crippen LogP contribution in [0.1, 0.15) is 38.5 Å². The maximum atomic E-state index is 12.4. The Labute approximate surface area is 131 Å². The molecule has 0 radical (unpaired) electrons. The molecule has 0 spiro atoms. The molecule has 0 aromatic carbocycles. The molecular formula is C16H26N2O4. The van der Waals surface area contributed by atoms with Crippen LogP contribution in [-0.4, -0.2) is 67.3 Å². The van der Waals surface area contributed by atoms with Crippen LogP contribution in [0.3, 0.4) is 0 Å². The van der Waals surface area contributed by atoms with Gasteiger partial charge in [0.05, 0.1) is 19.8 Å². The Morgan fingerprint density at radius 3 is 2.50 bits per heavy atom. The molecule has 0 bridgehead atoms. The number of nitrogens with zero attached hydrogens (tertiary/aromatic N) is 2. The van der Waals surface area contributed by atoms with Crippen LogP contribution >= 0.6 is 0 Å². The summed E-state index contributed by atoms with van der Waals surface area (Å²) in [7, 11) is 0. The molecule has 0 atom stereocenters. The van der Waals surface area contributed by atoms with Crippen LogP contribution in [0.5, 0.6) is 0 Å². The van der Waals surface area contributed by atoms with E-state index in [1.165, 1.54) is 0 Å². The second-order valence-corrected chi connectivity index (χ2v) is 6.45. The van der Waals surface area contributed by atoms with Crippen LogP contribution in [0.15, 0.2) is 0 Å². The summed E-state index contributed by atoms with van der Waals surface area (Å²) >= 11 is 0. The van der Waals surface area contributed by atoms with E-state index in [0.717, 1.165) is 51.7 Å². The van der Waals surface area contributed by atoms with Crippen molar-refractivity contribution in [3.8, 4) is 0 Å². The molecule has 3 rings (SSSR count). The van der Waals surface area contributed by atoms with Crippen LogP contribution in [0, 0.1) is 5.92 Å². The van der Waals surface area contributed by atoms with E-state index in [0.29, 0.717) is 25.6 Å². The number of ether oxygens (including phenoxy) is 2. The number of hydrogen-bond acceptors (Lipinski definition) is 4. The zero-order valence-corrected chi connectivity index (χ0v) is 13.2. The Kier molecular flexibility index (Phi) is 5.31. The van der Waals surface area contributed by atoms with E-state index in [1.54, 1.807) is 4.90 Å². The fourth-order valence-electron chi connectivity index (χ4n) is 3.54. The normalized spacial score (nSPS) is 25.5. The molecule has 3 aliphatic heterocycles. The molecule has 6 nitrogen and oxygen atoms in total. The fraction of sp³-hybridized carbons (Fsp3) is 0.875. The predicted octanol–water partition coefficient (Wildman–Crippen LogP) is 1.00. The largest absolute Gasteiger partial charge is 0.350 e. The highest BCUT2D eigenvalue weighted by Gasteiger charge is 2.32. The summed E-state index contributed by atoms with van der Waals surface area (Å²) in [4.78, 5) is 28.0. The summed E-state index contributed by atoms with van der Waals surface area (Å²) in [6, 6.07) is 0. The summed E-state index contributed by atoms with van der Waals surface area (Å²) < 4.78 is 11.1. The minimum absolute atomic E-state index is 0.0792. The van der Waals surface area contributed by atoms with Gasteiger partial charge < -0.3 is 19.3 Å². The van der Waals surface area contributed by atoms with E-state index in [-0.39, 0.29) is 24.6 Å². The van der Waals surface area contributed by atoms with Crippen molar-refractivity contribution in [3.63, 3.8) is 0 Å². The molecule has 3 aliphatic rings. The minimum atomic E-state index is -0.0792. The van der Waals surface area contributed by atoms with Gasteiger partial charge in [-0.3, -0.25) is 9.59 Å². The Morgan fingerprint density at radius 2 is 1.77 bits per heavy atom. The number of piperidine rings is 1. The Morgan fingerprint density at radius 1 is 1.05 bits per heavy atom. The second-order valence-electron chi connectivity index (χ2n) is 6.45. The standard InChI is InChI=1S/C16H26N2O4/c19-14-4-2-1-3-7-18(14)12-15(20)17-8-5-13(6-9-17)16-21-10-11-22-16/h13,16H,1-12H2. The first-order valence-electron chi connectivity index (χ1n) is 8.53. The van der Waals surface area contributed by atoms with Gasteiger partial charge >= 0.3 is 0 Å². The SMILES string of the molecule is O=C(CN1CCCCCC1=O)N1CCC(C2OCCO2)CC1. The molecule has 0 aliphatic carbocycles. The number of rotatable bonds is 3. The Hall–Kier alpha value is -1.14. The van der Waals surface area contributed by atoms with Gasteiger partial charge in [-0.25, -0.2) is 0 Å². The van der Waals surface area contributed by atoms with Crippen molar-refractivity contribution >= 4 is 11.8 Å². The number of likely N-dealkylation sites (tertiary alicyclic amines) is 2. The average Bonchev–Trinajstić information content (AvgIpc) is 3.00. The van der Waals surface area contributed by atoms with Gasteiger partial charge in [-0.15, -0.1) is 0 Å². The first-order chi connectivity index (χ1) is 10.7. The van der Waals surface area contributed by atoms with Crippen molar-refractivity contribution in [2.75, 3.05) is 39.4 Å². The molecule has 2 amide bonds. The second kappa shape index (κ2) is 7.42. The van der Waals surface area contributed by atoms with Crippen LogP contribution in [0.25, 0.3) is 0 Å². The van der Waals surface area contributed by atoms with Crippen molar-refractivity contribution in [3.05, 3.63) is 0 Å². The van der Waals surface area contributed by atoms with Crippen molar-refractivity contribution < 1.29 is 19.1 Å². The summed E-state index contributed by atoms with van der Waals surface area (Å²) in [5.41, 5.74) is 0. The molecule has 0 saturated carbocycles. The van der Waals surface area contributed by atoms with Gasteiger partial charge in [-0.1, -0.05) is 6.42 Å². The third-order valence-electron chi connectivity index (χ3n) is 4.92. The maximum absolute atomic E-state index is 12.4. The summed E-state index contributed by atoms with van der Waals surface area (Å²) in [5, 5.41) is 0. The maximum Gasteiger partial charge on any atom is 0.242 e. The number of carbonyl (C=O) groups excluding carboxylic acids is 2. The van der Waals surface area contributed by atoms with Gasteiger partial charge in [0.1, 0.15) is 0 Å². The molecule has 22 heavy (non-hydrogen) atoms. The van der Waals surface area contributed by atoms with Crippen LogP contribution in [0.2, 0.25) is 0 Å². The molecule has 0 unspecified atom stereocenters.